The Morgan fingerprint density at radius 1 is 0.974 bits per heavy atom. The zero-order valence-electron chi connectivity index (χ0n) is 21.3. The first-order valence-electron chi connectivity index (χ1n) is 12.2. The Kier molecular flexibility index (Phi) is 9.75. The molecule has 14 heteroatoms. The number of imidazole rings is 1. The molecule has 208 valence electrons. The molecule has 0 radical (unpaired) electrons. The number of carboxylic acids is 1. The number of amides is 4. The van der Waals surface area contributed by atoms with Gasteiger partial charge in [0.2, 0.25) is 23.6 Å². The molecule has 4 unspecified atom stereocenters. The first kappa shape index (κ1) is 28.8. The number of nitrogens with one attached hydrogen (secondary N) is 5. The molecule has 0 aliphatic carbocycles. The van der Waals surface area contributed by atoms with Gasteiger partial charge in [-0.15, -0.1) is 0 Å². The van der Waals surface area contributed by atoms with Crippen molar-refractivity contribution in [2.75, 3.05) is 0 Å². The van der Waals surface area contributed by atoms with Gasteiger partial charge in [-0.05, 0) is 25.0 Å². The van der Waals surface area contributed by atoms with Gasteiger partial charge in [0.25, 0.3) is 0 Å². The monoisotopic (exact) mass is 540 g/mol. The van der Waals surface area contributed by atoms with Gasteiger partial charge < -0.3 is 42.5 Å². The number of aromatic amines is 2. The summed E-state index contributed by atoms with van der Waals surface area (Å²) in [7, 11) is 0. The predicted octanol–water partition coefficient (Wildman–Crippen LogP) is -1.17. The van der Waals surface area contributed by atoms with Crippen LogP contribution < -0.4 is 27.4 Å². The molecule has 2 aromatic heterocycles. The number of hydrogen-bond donors (Lipinski definition) is 8. The van der Waals surface area contributed by atoms with Gasteiger partial charge in [0.05, 0.1) is 12.4 Å². The van der Waals surface area contributed by atoms with E-state index in [0.717, 1.165) is 10.9 Å². The Bertz CT molecular complexity index is 1320. The number of benzene rings is 1. The van der Waals surface area contributed by atoms with Crippen LogP contribution in [0.1, 0.15) is 31.0 Å². The van der Waals surface area contributed by atoms with E-state index in [4.69, 9.17) is 11.5 Å². The van der Waals surface area contributed by atoms with Crippen LogP contribution >= 0.6 is 0 Å². The molecule has 0 bridgehead atoms. The summed E-state index contributed by atoms with van der Waals surface area (Å²) in [4.78, 5) is 71.4. The zero-order chi connectivity index (χ0) is 28.5. The number of carbonyl (C=O) groups excluding carboxylic acids is 4. The standard InChI is InChI=1S/C25H32N8O6/c1-13(31-23(36)17(26)9-15-11-28-12-30-15)22(35)32-19(6-7-21(27)34)24(37)33-20(25(38)39)8-14-10-29-18-5-3-2-4-16(14)18/h2-5,10-13,17,19-20,29H,6-9,26H2,1H3,(H2,27,34)(H,28,30)(H,31,36)(H,32,35)(H,33,37)(H,38,39). The molecule has 0 saturated heterocycles. The van der Waals surface area contributed by atoms with E-state index in [-0.39, 0.29) is 25.7 Å². The highest BCUT2D eigenvalue weighted by Gasteiger charge is 2.29. The van der Waals surface area contributed by atoms with Crippen molar-refractivity contribution in [3.63, 3.8) is 0 Å². The third kappa shape index (κ3) is 8.13. The Balaban J connectivity index is 1.64. The van der Waals surface area contributed by atoms with Gasteiger partial charge in [-0.2, -0.15) is 0 Å². The van der Waals surface area contributed by atoms with E-state index in [1.165, 1.54) is 19.4 Å². The fourth-order valence-corrected chi connectivity index (χ4v) is 3.96. The Morgan fingerprint density at radius 3 is 2.36 bits per heavy atom. The summed E-state index contributed by atoms with van der Waals surface area (Å²) in [6.07, 6.45) is 4.36. The molecule has 4 atom stereocenters. The number of para-hydroxylation sites is 1. The molecule has 0 aliphatic rings. The third-order valence-electron chi connectivity index (χ3n) is 6.11. The van der Waals surface area contributed by atoms with Crippen LogP contribution in [0.15, 0.2) is 43.0 Å². The van der Waals surface area contributed by atoms with E-state index in [1.54, 1.807) is 6.20 Å². The maximum Gasteiger partial charge on any atom is 0.326 e. The van der Waals surface area contributed by atoms with Gasteiger partial charge >= 0.3 is 5.97 Å². The highest BCUT2D eigenvalue weighted by molar-refractivity contribution is 5.94. The molecule has 0 spiro atoms. The Hall–Kier alpha value is -4.72. The summed E-state index contributed by atoms with van der Waals surface area (Å²) >= 11 is 0. The molecule has 2 heterocycles. The lowest BCUT2D eigenvalue weighted by Crippen LogP contribution is -2.56. The second-order valence-corrected chi connectivity index (χ2v) is 9.15. The van der Waals surface area contributed by atoms with E-state index >= 15 is 0 Å². The number of carbonyl (C=O) groups is 5. The van der Waals surface area contributed by atoms with Crippen LogP contribution in [0.25, 0.3) is 10.9 Å². The first-order valence-corrected chi connectivity index (χ1v) is 12.2. The van der Waals surface area contributed by atoms with Crippen molar-refractivity contribution in [3.8, 4) is 0 Å². The molecular formula is C25H32N8O6. The van der Waals surface area contributed by atoms with Crippen molar-refractivity contribution in [2.45, 2.75) is 56.8 Å². The molecular weight excluding hydrogens is 508 g/mol. The molecule has 0 aliphatic heterocycles. The van der Waals surface area contributed by atoms with Crippen LogP contribution in [0, 0.1) is 0 Å². The number of carboxylic acid groups (broad SMARTS) is 1. The molecule has 3 rings (SSSR count). The minimum absolute atomic E-state index is 0.0255. The van der Waals surface area contributed by atoms with Gasteiger partial charge in [0, 0.05) is 48.3 Å². The van der Waals surface area contributed by atoms with Crippen LogP contribution in [-0.2, 0) is 36.8 Å². The van der Waals surface area contributed by atoms with Gasteiger partial charge in [0.15, 0.2) is 0 Å². The van der Waals surface area contributed by atoms with Crippen LogP contribution in [-0.4, -0.2) is 73.8 Å². The molecule has 39 heavy (non-hydrogen) atoms. The van der Waals surface area contributed by atoms with Crippen molar-refractivity contribution in [1.29, 1.82) is 0 Å². The summed E-state index contributed by atoms with van der Waals surface area (Å²) in [6, 6.07) is 2.66. The van der Waals surface area contributed by atoms with Gasteiger partial charge in [-0.3, -0.25) is 19.2 Å². The lowest BCUT2D eigenvalue weighted by molar-refractivity contribution is -0.142. The maximum atomic E-state index is 13.1. The van der Waals surface area contributed by atoms with E-state index in [2.05, 4.69) is 30.9 Å². The summed E-state index contributed by atoms with van der Waals surface area (Å²) in [5.41, 5.74) is 13.2. The Labute approximate surface area is 223 Å². The number of H-pyrrole nitrogens is 2. The second kappa shape index (κ2) is 13.2. The maximum absolute atomic E-state index is 13.1. The molecule has 14 nitrogen and oxygen atoms in total. The molecule has 1 aromatic carbocycles. The predicted molar refractivity (Wildman–Crippen MR) is 140 cm³/mol. The number of hydrogen-bond acceptors (Lipinski definition) is 7. The summed E-state index contributed by atoms with van der Waals surface area (Å²) in [5, 5.41) is 17.9. The molecule has 10 N–H and O–H groups in total. The molecule has 0 fully saturated rings. The minimum Gasteiger partial charge on any atom is -0.480 e. The van der Waals surface area contributed by atoms with Crippen LogP contribution in [0.5, 0.6) is 0 Å². The number of nitrogens with zero attached hydrogens (tertiary/aromatic N) is 1. The lowest BCUT2D eigenvalue weighted by Gasteiger charge is -2.23. The minimum atomic E-state index is -1.32. The summed E-state index contributed by atoms with van der Waals surface area (Å²) in [5.74, 6) is -4.13. The van der Waals surface area contributed by atoms with Crippen molar-refractivity contribution < 1.29 is 29.1 Å². The lowest BCUT2D eigenvalue weighted by atomic mass is 10.0. The van der Waals surface area contributed by atoms with Crippen molar-refractivity contribution in [2.24, 2.45) is 11.5 Å². The highest BCUT2D eigenvalue weighted by Crippen LogP contribution is 2.19. The van der Waals surface area contributed by atoms with Crippen molar-refractivity contribution in [1.82, 2.24) is 30.9 Å². The highest BCUT2D eigenvalue weighted by atomic mass is 16.4. The normalized spacial score (nSPS) is 14.1. The fourth-order valence-electron chi connectivity index (χ4n) is 3.96. The first-order chi connectivity index (χ1) is 18.5. The topological polar surface area (TPSA) is 238 Å². The molecule has 0 saturated carbocycles. The second-order valence-electron chi connectivity index (χ2n) is 9.15. The zero-order valence-corrected chi connectivity index (χ0v) is 21.3. The van der Waals surface area contributed by atoms with E-state index in [9.17, 15) is 29.1 Å². The van der Waals surface area contributed by atoms with Gasteiger partial charge in [-0.1, -0.05) is 18.2 Å². The van der Waals surface area contributed by atoms with Crippen LogP contribution in [0.4, 0.5) is 0 Å². The number of aromatic nitrogens is 3. The third-order valence-corrected chi connectivity index (χ3v) is 6.11. The smallest absolute Gasteiger partial charge is 0.326 e. The van der Waals surface area contributed by atoms with Crippen molar-refractivity contribution >= 4 is 40.5 Å². The van der Waals surface area contributed by atoms with Gasteiger partial charge in [-0.25, -0.2) is 9.78 Å². The van der Waals surface area contributed by atoms with Crippen molar-refractivity contribution in [3.05, 3.63) is 54.2 Å². The summed E-state index contributed by atoms with van der Waals surface area (Å²) in [6.45, 7) is 1.40. The number of aliphatic carboxylic acids is 1. The van der Waals surface area contributed by atoms with Crippen LogP contribution in [0.2, 0.25) is 0 Å². The Morgan fingerprint density at radius 2 is 1.69 bits per heavy atom. The SMILES string of the molecule is CC(NC(=O)C(N)Cc1cnc[nH]1)C(=O)NC(CCC(N)=O)C(=O)NC(Cc1c[nH]c2ccccc12)C(=O)O. The average molecular weight is 541 g/mol. The molecule has 4 amide bonds. The largest absolute Gasteiger partial charge is 0.480 e. The quantitative estimate of drug-likeness (QED) is 0.124. The molecule has 3 aromatic rings. The van der Waals surface area contributed by atoms with Crippen LogP contribution in [0.3, 0.4) is 0 Å². The van der Waals surface area contributed by atoms with E-state index < -0.39 is 53.8 Å². The number of fused-ring (bicyclic) bond motifs is 1. The number of rotatable bonds is 14. The summed E-state index contributed by atoms with van der Waals surface area (Å²) < 4.78 is 0. The number of primary amides is 1. The van der Waals surface area contributed by atoms with E-state index in [1.807, 2.05) is 24.3 Å². The van der Waals surface area contributed by atoms with E-state index in [0.29, 0.717) is 11.3 Å². The average Bonchev–Trinajstić information content (AvgIpc) is 3.55. The number of nitrogens with two attached hydrogens (primary N) is 2. The van der Waals surface area contributed by atoms with Gasteiger partial charge in [0.1, 0.15) is 18.1 Å². The fraction of sp³-hybridized carbons (Fsp3) is 0.360.